The maximum atomic E-state index is 13.0. The topological polar surface area (TPSA) is 89.8 Å². The fourth-order valence-electron chi connectivity index (χ4n) is 3.33. The van der Waals surface area contributed by atoms with E-state index in [9.17, 15) is 9.59 Å². The van der Waals surface area contributed by atoms with Gasteiger partial charge in [-0.1, -0.05) is 18.7 Å². The van der Waals surface area contributed by atoms with E-state index >= 15 is 0 Å². The average Bonchev–Trinajstić information content (AvgIpc) is 3.54. The van der Waals surface area contributed by atoms with Crippen molar-refractivity contribution in [3.63, 3.8) is 0 Å². The van der Waals surface area contributed by atoms with Crippen molar-refractivity contribution in [2.45, 2.75) is 56.0 Å². The first-order valence-electron chi connectivity index (χ1n) is 10.5. The Labute approximate surface area is 185 Å². The van der Waals surface area contributed by atoms with Gasteiger partial charge in [-0.25, -0.2) is 0 Å². The molecule has 4 rings (SSSR count). The Morgan fingerprint density at radius 2 is 1.84 bits per heavy atom. The van der Waals surface area contributed by atoms with Crippen LogP contribution in [0.5, 0.6) is 0 Å². The molecule has 2 aromatic heterocycles. The lowest BCUT2D eigenvalue weighted by Gasteiger charge is -2.13. The summed E-state index contributed by atoms with van der Waals surface area (Å²) in [4.78, 5) is 28.8. The van der Waals surface area contributed by atoms with Gasteiger partial charge in [0.15, 0.2) is 16.8 Å². The van der Waals surface area contributed by atoms with Crippen molar-refractivity contribution >= 4 is 29.1 Å². The molecule has 0 saturated heterocycles. The predicted octanol–water partition coefficient (Wildman–Crippen LogP) is 4.78. The number of carbonyl (C=O) groups is 2. The summed E-state index contributed by atoms with van der Waals surface area (Å²) in [7, 11) is 0. The lowest BCUT2D eigenvalue weighted by molar-refractivity contribution is -0.116. The number of nitrogens with zero attached hydrogens (tertiary/aromatic N) is 4. The Morgan fingerprint density at radius 3 is 2.48 bits per heavy atom. The van der Waals surface area contributed by atoms with Crippen LogP contribution in [0.1, 0.15) is 55.9 Å². The van der Waals surface area contributed by atoms with E-state index in [1.165, 1.54) is 11.8 Å². The van der Waals surface area contributed by atoms with E-state index in [4.69, 9.17) is 0 Å². The molecule has 0 spiro atoms. The van der Waals surface area contributed by atoms with Crippen LogP contribution in [-0.2, 0) is 4.79 Å². The number of amides is 1. The lowest BCUT2D eigenvalue weighted by Crippen LogP contribution is -2.15. The summed E-state index contributed by atoms with van der Waals surface area (Å²) >= 11 is 1.43. The molecule has 0 bridgehead atoms. The normalized spacial score (nSPS) is 14.3. The van der Waals surface area contributed by atoms with E-state index in [1.807, 2.05) is 26.0 Å². The molecule has 31 heavy (non-hydrogen) atoms. The number of ketones is 1. The molecule has 1 amide bonds. The molecule has 1 fully saturated rings. The standard InChI is InChI=1S/C23H25N5O2S/c1-3-4-20(29)25-18-7-5-16(6-8-18)21(30)15(2)31-23-27-26-22(28(23)19-9-10-19)17-11-13-24-14-12-17/h5-8,11-15,19H,3-4,9-10H2,1-2H3,(H,25,29). The molecule has 1 N–H and O–H groups in total. The van der Waals surface area contributed by atoms with Crippen LogP contribution >= 0.6 is 11.8 Å². The Kier molecular flexibility index (Phi) is 6.46. The molecule has 1 aliphatic rings. The van der Waals surface area contributed by atoms with Crippen molar-refractivity contribution in [3.8, 4) is 11.4 Å². The molecule has 160 valence electrons. The fraction of sp³-hybridized carbons (Fsp3) is 0.348. The minimum absolute atomic E-state index is 0.0186. The second kappa shape index (κ2) is 9.43. The van der Waals surface area contributed by atoms with Crippen molar-refractivity contribution in [1.29, 1.82) is 0 Å². The Hall–Kier alpha value is -3.00. The zero-order valence-electron chi connectivity index (χ0n) is 17.6. The van der Waals surface area contributed by atoms with E-state index in [0.29, 0.717) is 23.7 Å². The van der Waals surface area contributed by atoms with Gasteiger partial charge in [0.1, 0.15) is 0 Å². The van der Waals surface area contributed by atoms with E-state index in [-0.39, 0.29) is 16.9 Å². The van der Waals surface area contributed by atoms with Crippen molar-refractivity contribution in [3.05, 3.63) is 54.4 Å². The first-order valence-corrected chi connectivity index (χ1v) is 11.4. The van der Waals surface area contributed by atoms with Crippen LogP contribution in [0.2, 0.25) is 0 Å². The highest BCUT2D eigenvalue weighted by atomic mass is 32.2. The van der Waals surface area contributed by atoms with Gasteiger partial charge in [0.25, 0.3) is 0 Å². The lowest BCUT2D eigenvalue weighted by atomic mass is 10.1. The van der Waals surface area contributed by atoms with Gasteiger partial charge >= 0.3 is 0 Å². The van der Waals surface area contributed by atoms with Gasteiger partial charge in [-0.3, -0.25) is 19.1 Å². The number of hydrogen-bond donors (Lipinski definition) is 1. The van der Waals surface area contributed by atoms with Crippen molar-refractivity contribution in [1.82, 2.24) is 19.7 Å². The molecule has 3 aromatic rings. The molecular formula is C23H25N5O2S. The maximum absolute atomic E-state index is 13.0. The van der Waals surface area contributed by atoms with E-state index < -0.39 is 0 Å². The quantitative estimate of drug-likeness (QED) is 0.384. The van der Waals surface area contributed by atoms with Crippen molar-refractivity contribution in [2.75, 3.05) is 5.32 Å². The summed E-state index contributed by atoms with van der Waals surface area (Å²) in [5, 5.41) is 12.1. The Bertz CT molecular complexity index is 1060. The van der Waals surface area contributed by atoms with Gasteiger partial charge in [-0.2, -0.15) is 0 Å². The first kappa shape index (κ1) is 21.2. The smallest absolute Gasteiger partial charge is 0.224 e. The highest BCUT2D eigenvalue weighted by molar-refractivity contribution is 8.00. The summed E-state index contributed by atoms with van der Waals surface area (Å²) < 4.78 is 2.15. The van der Waals surface area contributed by atoms with Crippen molar-refractivity contribution in [2.24, 2.45) is 0 Å². The Morgan fingerprint density at radius 1 is 1.13 bits per heavy atom. The number of thioether (sulfide) groups is 1. The van der Waals surface area contributed by atoms with Crippen LogP contribution in [0.25, 0.3) is 11.4 Å². The summed E-state index contributed by atoms with van der Waals surface area (Å²) in [5.41, 5.74) is 2.28. The zero-order chi connectivity index (χ0) is 21.8. The number of anilines is 1. The second-order valence-electron chi connectivity index (χ2n) is 7.64. The van der Waals surface area contributed by atoms with Gasteiger partial charge in [0.05, 0.1) is 5.25 Å². The average molecular weight is 436 g/mol. The highest BCUT2D eigenvalue weighted by Crippen LogP contribution is 2.41. The van der Waals surface area contributed by atoms with Crippen LogP contribution in [-0.4, -0.2) is 36.7 Å². The third-order valence-corrected chi connectivity index (χ3v) is 6.15. The Balaban J connectivity index is 1.47. The van der Waals surface area contributed by atoms with Gasteiger partial charge in [-0.15, -0.1) is 10.2 Å². The first-order chi connectivity index (χ1) is 15.1. The molecule has 1 atom stereocenters. The van der Waals surface area contributed by atoms with Crippen LogP contribution in [0.3, 0.4) is 0 Å². The zero-order valence-corrected chi connectivity index (χ0v) is 18.4. The largest absolute Gasteiger partial charge is 0.326 e. The molecule has 0 radical (unpaired) electrons. The number of benzene rings is 1. The van der Waals surface area contributed by atoms with Crippen LogP contribution in [0.15, 0.2) is 53.9 Å². The number of pyridine rings is 1. The second-order valence-corrected chi connectivity index (χ2v) is 8.95. The van der Waals surface area contributed by atoms with Crippen LogP contribution in [0.4, 0.5) is 5.69 Å². The molecule has 0 aliphatic heterocycles. The van der Waals surface area contributed by atoms with Gasteiger partial charge < -0.3 is 5.32 Å². The number of nitrogens with one attached hydrogen (secondary N) is 1. The minimum atomic E-state index is -0.312. The predicted molar refractivity (Wildman–Crippen MR) is 121 cm³/mol. The van der Waals surface area contributed by atoms with Gasteiger partial charge in [0.2, 0.25) is 5.91 Å². The summed E-state index contributed by atoms with van der Waals surface area (Å²) in [5.74, 6) is 0.821. The third kappa shape index (κ3) is 5.02. The molecular weight excluding hydrogens is 410 g/mol. The summed E-state index contributed by atoms with van der Waals surface area (Å²) in [6, 6.07) is 11.3. The SMILES string of the molecule is CCCC(=O)Nc1ccc(C(=O)C(C)Sc2nnc(-c3ccncc3)n2C2CC2)cc1. The number of Topliss-reactive ketones (excluding diaryl/α,β-unsaturated/α-hetero) is 1. The third-order valence-electron chi connectivity index (χ3n) is 5.10. The van der Waals surface area contributed by atoms with Crippen LogP contribution < -0.4 is 5.32 Å². The molecule has 1 unspecified atom stereocenters. The van der Waals surface area contributed by atoms with E-state index in [0.717, 1.165) is 35.8 Å². The van der Waals surface area contributed by atoms with Gasteiger partial charge in [0, 0.05) is 41.7 Å². The number of carbonyl (C=O) groups excluding carboxylic acids is 2. The maximum Gasteiger partial charge on any atom is 0.224 e. The molecule has 8 heteroatoms. The van der Waals surface area contributed by atoms with Gasteiger partial charge in [-0.05, 0) is 62.6 Å². The fourth-order valence-corrected chi connectivity index (χ4v) is 4.33. The summed E-state index contributed by atoms with van der Waals surface area (Å²) in [6.45, 7) is 3.85. The monoisotopic (exact) mass is 435 g/mol. The number of hydrogen-bond acceptors (Lipinski definition) is 6. The molecule has 1 aromatic carbocycles. The highest BCUT2D eigenvalue weighted by Gasteiger charge is 2.31. The van der Waals surface area contributed by atoms with E-state index in [2.05, 4.69) is 25.1 Å². The van der Waals surface area contributed by atoms with Crippen molar-refractivity contribution < 1.29 is 9.59 Å². The molecule has 2 heterocycles. The number of aromatic nitrogens is 4. The minimum Gasteiger partial charge on any atom is -0.326 e. The molecule has 1 saturated carbocycles. The molecule has 7 nitrogen and oxygen atoms in total. The van der Waals surface area contributed by atoms with E-state index in [1.54, 1.807) is 36.7 Å². The summed E-state index contributed by atoms with van der Waals surface area (Å²) in [6.07, 6.45) is 6.96. The molecule has 1 aliphatic carbocycles. The van der Waals surface area contributed by atoms with Crippen LogP contribution in [0, 0.1) is 0 Å². The number of rotatable bonds is 9.